The molecule has 1 nitrogen and oxygen atoms in total. The second kappa shape index (κ2) is 38.6. The van der Waals surface area contributed by atoms with Crippen molar-refractivity contribution in [3.05, 3.63) is 0 Å². The molecule has 0 bridgehead atoms. The van der Waals surface area contributed by atoms with E-state index in [1.165, 1.54) is 51.4 Å². The molecule has 0 aromatic rings. The molecule has 0 spiro atoms. The van der Waals surface area contributed by atoms with Gasteiger partial charge in [-0.05, 0) is 37.5 Å². The quantitative estimate of drug-likeness (QED) is 0.342. The normalized spacial score (nSPS) is 9.72. The maximum absolute atomic E-state index is 4.83. The summed E-state index contributed by atoms with van der Waals surface area (Å²) in [6, 6.07) is 0. The van der Waals surface area contributed by atoms with Crippen molar-refractivity contribution in [1.29, 1.82) is 0 Å². The van der Waals surface area contributed by atoms with E-state index in [1.54, 1.807) is 0 Å². The largest absolute Gasteiger partial charge is 0.382 e. The van der Waals surface area contributed by atoms with Crippen LogP contribution in [0.3, 0.4) is 0 Å². The molecule has 0 unspecified atom stereocenters. The van der Waals surface area contributed by atoms with E-state index < -0.39 is 0 Å². The number of rotatable bonds is 10. The minimum Gasteiger partial charge on any atom is -0.382 e. The van der Waals surface area contributed by atoms with Crippen LogP contribution >= 0.6 is 0 Å². The summed E-state index contributed by atoms with van der Waals surface area (Å²) in [4.78, 5) is 0. The van der Waals surface area contributed by atoms with Crippen molar-refractivity contribution < 1.29 is 4.74 Å². The molecule has 0 heterocycles. The van der Waals surface area contributed by atoms with Gasteiger partial charge in [-0.3, -0.25) is 0 Å². The maximum Gasteiger partial charge on any atom is 0.0437 e. The van der Waals surface area contributed by atoms with Crippen molar-refractivity contribution in [3.8, 4) is 0 Å². The summed E-state index contributed by atoms with van der Waals surface area (Å²) in [7, 11) is 0. The van der Waals surface area contributed by atoms with Gasteiger partial charge in [0.05, 0.1) is 0 Å². The molecule has 0 aliphatic heterocycles. The lowest BCUT2D eigenvalue weighted by molar-refractivity contribution is 0.162. The van der Waals surface area contributed by atoms with E-state index in [9.17, 15) is 0 Å². The first-order valence-electron chi connectivity index (χ1n) is 13.1. The van der Waals surface area contributed by atoms with Crippen LogP contribution in [0.2, 0.25) is 0 Å². The minimum atomic E-state index is 0.844. The molecule has 29 heavy (non-hydrogen) atoms. The van der Waals surface area contributed by atoms with E-state index in [0.717, 1.165) is 36.9 Å². The fraction of sp³-hybridized carbons (Fsp3) is 1.00. The Morgan fingerprint density at radius 3 is 0.552 bits per heavy atom. The van der Waals surface area contributed by atoms with Crippen molar-refractivity contribution in [3.63, 3.8) is 0 Å². The molecule has 0 radical (unpaired) electrons. The van der Waals surface area contributed by atoms with E-state index in [-0.39, 0.29) is 0 Å². The van der Waals surface area contributed by atoms with Gasteiger partial charge in [0.15, 0.2) is 0 Å². The summed E-state index contributed by atoms with van der Waals surface area (Å²) in [5, 5.41) is 0. The number of hydrogen-bond acceptors (Lipinski definition) is 1. The Morgan fingerprint density at radius 2 is 0.552 bits per heavy atom. The summed E-state index contributed by atoms with van der Waals surface area (Å²) < 4.78 is 4.83. The van der Waals surface area contributed by atoms with E-state index in [4.69, 9.17) is 4.74 Å². The third-order valence-electron chi connectivity index (χ3n) is 3.87. The number of ether oxygens (including phenoxy) is 1. The lowest BCUT2D eigenvalue weighted by Gasteiger charge is -1.95. The lowest BCUT2D eigenvalue weighted by Crippen LogP contribution is -1.84. The molecule has 0 amide bonds. The topological polar surface area (TPSA) is 9.23 Å². The van der Waals surface area contributed by atoms with Crippen LogP contribution in [-0.4, -0.2) is 13.2 Å². The van der Waals surface area contributed by atoms with Gasteiger partial charge in [-0.2, -0.15) is 0 Å². The molecule has 1 heteroatoms. The van der Waals surface area contributed by atoms with E-state index >= 15 is 0 Å². The summed E-state index contributed by atoms with van der Waals surface area (Å²) in [6.45, 7) is 32.6. The molecule has 0 N–H and O–H groups in total. The molecule has 0 rings (SSSR count). The first kappa shape index (κ1) is 39.4. The fourth-order valence-corrected chi connectivity index (χ4v) is 2.51. The third kappa shape index (κ3) is 96.7. The zero-order valence-electron chi connectivity index (χ0n) is 23.8. The van der Waals surface area contributed by atoms with Crippen LogP contribution in [0.15, 0.2) is 0 Å². The standard InChI is InChI=1S/4C6H14.C4H10O/c4*1-4-5-6(2)3;1-3-5-4-2/h4*6H,4-5H2,1-3H3;3-4H2,1-2H3. The highest BCUT2D eigenvalue weighted by molar-refractivity contribution is 4.40. The van der Waals surface area contributed by atoms with Crippen LogP contribution in [0.1, 0.15) is 148 Å². The van der Waals surface area contributed by atoms with Gasteiger partial charge in [0.25, 0.3) is 0 Å². The van der Waals surface area contributed by atoms with Gasteiger partial charge in [0.1, 0.15) is 0 Å². The molecule has 0 aliphatic carbocycles. The average molecular weight is 419 g/mol. The van der Waals surface area contributed by atoms with Crippen molar-refractivity contribution in [1.82, 2.24) is 0 Å². The highest BCUT2D eigenvalue weighted by Gasteiger charge is 1.87. The zero-order chi connectivity index (χ0) is 24.1. The van der Waals surface area contributed by atoms with E-state index in [1.807, 2.05) is 13.8 Å². The minimum absolute atomic E-state index is 0.844. The maximum atomic E-state index is 4.83. The lowest BCUT2D eigenvalue weighted by atomic mass is 10.1. The molecule has 184 valence electrons. The molecular formula is C28H66O. The van der Waals surface area contributed by atoms with Crippen LogP contribution in [0.4, 0.5) is 0 Å². The molecule has 0 atom stereocenters. The highest BCUT2D eigenvalue weighted by Crippen LogP contribution is 2.02. The Morgan fingerprint density at radius 1 is 0.379 bits per heavy atom. The van der Waals surface area contributed by atoms with Gasteiger partial charge in [-0.1, -0.05) is 134 Å². The molecule has 0 aromatic carbocycles. The van der Waals surface area contributed by atoms with Crippen molar-refractivity contribution in [2.24, 2.45) is 23.7 Å². The predicted octanol–water partition coefficient (Wildman–Crippen LogP) is 10.8. The molecule has 0 fully saturated rings. The van der Waals surface area contributed by atoms with Crippen LogP contribution in [0.5, 0.6) is 0 Å². The second-order valence-electron chi connectivity index (χ2n) is 9.51. The Labute approximate surface area is 190 Å². The van der Waals surface area contributed by atoms with E-state index in [2.05, 4.69) is 83.1 Å². The van der Waals surface area contributed by atoms with Crippen molar-refractivity contribution in [2.45, 2.75) is 148 Å². The zero-order valence-corrected chi connectivity index (χ0v) is 23.8. The average Bonchev–Trinajstić information content (AvgIpc) is 2.57. The predicted molar refractivity (Wildman–Crippen MR) is 141 cm³/mol. The van der Waals surface area contributed by atoms with Gasteiger partial charge in [-0.15, -0.1) is 0 Å². The van der Waals surface area contributed by atoms with Crippen molar-refractivity contribution >= 4 is 0 Å². The van der Waals surface area contributed by atoms with Crippen LogP contribution in [0.25, 0.3) is 0 Å². The highest BCUT2D eigenvalue weighted by atomic mass is 16.5. The van der Waals surface area contributed by atoms with Crippen molar-refractivity contribution in [2.75, 3.05) is 13.2 Å². The Kier molecular flexibility index (Phi) is 52.4. The summed E-state index contributed by atoms with van der Waals surface area (Å²) in [5.74, 6) is 3.59. The van der Waals surface area contributed by atoms with Crippen LogP contribution in [0, 0.1) is 23.7 Å². The Balaban J connectivity index is -0.0000000829. The Bertz CT molecular complexity index is 164. The van der Waals surface area contributed by atoms with Gasteiger partial charge < -0.3 is 4.74 Å². The van der Waals surface area contributed by atoms with Gasteiger partial charge in [0, 0.05) is 13.2 Å². The first-order valence-corrected chi connectivity index (χ1v) is 13.1. The third-order valence-corrected chi connectivity index (χ3v) is 3.87. The van der Waals surface area contributed by atoms with Gasteiger partial charge in [0.2, 0.25) is 0 Å². The fourth-order valence-electron chi connectivity index (χ4n) is 2.51. The van der Waals surface area contributed by atoms with E-state index in [0.29, 0.717) is 0 Å². The molecular weight excluding hydrogens is 352 g/mol. The monoisotopic (exact) mass is 419 g/mol. The van der Waals surface area contributed by atoms with Gasteiger partial charge in [-0.25, -0.2) is 0 Å². The summed E-state index contributed by atoms with van der Waals surface area (Å²) in [6.07, 6.45) is 10.8. The summed E-state index contributed by atoms with van der Waals surface area (Å²) in [5.41, 5.74) is 0. The second-order valence-corrected chi connectivity index (χ2v) is 9.51. The molecule has 0 saturated heterocycles. The van der Waals surface area contributed by atoms with Gasteiger partial charge >= 0.3 is 0 Å². The molecule has 0 saturated carbocycles. The molecule has 0 aliphatic rings. The summed E-state index contributed by atoms with van der Waals surface area (Å²) >= 11 is 0. The van der Waals surface area contributed by atoms with Crippen LogP contribution in [-0.2, 0) is 4.74 Å². The smallest absolute Gasteiger partial charge is 0.0437 e. The van der Waals surface area contributed by atoms with Crippen LogP contribution < -0.4 is 0 Å². The number of hydrogen-bond donors (Lipinski definition) is 0. The Hall–Kier alpha value is -0.0400. The first-order chi connectivity index (χ1) is 13.5. The SMILES string of the molecule is CCCC(C)C.CCCC(C)C.CCCC(C)C.CCCC(C)C.CCOCC. The molecule has 0 aromatic heterocycles.